The van der Waals surface area contributed by atoms with Crippen molar-refractivity contribution in [3.8, 4) is 11.1 Å². The molecule has 3 aromatic carbocycles. The van der Waals surface area contributed by atoms with E-state index in [0.29, 0.717) is 13.2 Å². The number of halogens is 6. The van der Waals surface area contributed by atoms with Gasteiger partial charge in [0, 0.05) is 0 Å². The molecule has 0 aliphatic heterocycles. The van der Waals surface area contributed by atoms with Crippen molar-refractivity contribution in [2.45, 2.75) is 25.6 Å². The summed E-state index contributed by atoms with van der Waals surface area (Å²) >= 11 is 0. The third-order valence-corrected chi connectivity index (χ3v) is 4.65. The van der Waals surface area contributed by atoms with Crippen LogP contribution in [-0.4, -0.2) is 46.9 Å². The Labute approximate surface area is 229 Å². The summed E-state index contributed by atoms with van der Waals surface area (Å²) in [4.78, 5) is 17.8. The number of ether oxygens (including phenoxy) is 1. The Hall–Kier alpha value is -4.92. The Kier molecular flexibility index (Phi) is 13.5. The molecule has 0 heterocycles. The van der Waals surface area contributed by atoms with E-state index in [2.05, 4.69) is 34.5 Å². The smallest absolute Gasteiger partial charge is 0.475 e. The van der Waals surface area contributed by atoms with Gasteiger partial charge in [-0.3, -0.25) is 0 Å². The van der Waals surface area contributed by atoms with Crippen LogP contribution in [-0.2, 0) is 27.5 Å². The molecule has 0 saturated carbocycles. The van der Waals surface area contributed by atoms with Gasteiger partial charge >= 0.3 is 24.3 Å². The Balaban J connectivity index is 0.000000497. The molecule has 0 spiro atoms. The number of hydrogen-bond donors (Lipinski definition) is 4. The lowest BCUT2D eigenvalue weighted by Gasteiger charge is -2.11. The summed E-state index contributed by atoms with van der Waals surface area (Å²) in [5.74, 6) is 4.91. The number of hydrogen-bond acceptors (Lipinski definition) is 7. The number of carboxylic acids is 2. The average Bonchev–Trinajstić information content (AvgIpc) is 2.90. The summed E-state index contributed by atoms with van der Waals surface area (Å²) in [6, 6.07) is 24.3. The van der Waals surface area contributed by atoms with Gasteiger partial charge in [-0.2, -0.15) is 36.5 Å². The number of nitrogens with zero attached hydrogens (tertiary/aromatic N) is 2. The predicted octanol–water partition coefficient (Wildman–Crippen LogP) is 4.92. The number of nitrogens with two attached hydrogens (primary N) is 2. The maximum absolute atomic E-state index is 10.6. The summed E-state index contributed by atoms with van der Waals surface area (Å²) < 4.78 is 69.4. The monoisotopic (exact) mass is 586 g/mol. The molecule has 0 bridgehead atoms. The molecular weight excluding hydrogens is 562 g/mol. The molecule has 3 rings (SSSR count). The lowest BCUT2D eigenvalue weighted by molar-refractivity contribution is -0.193. The Morgan fingerprint density at radius 2 is 1.24 bits per heavy atom. The van der Waals surface area contributed by atoms with Crippen LogP contribution in [0.5, 0.6) is 0 Å². The van der Waals surface area contributed by atoms with E-state index in [0.717, 1.165) is 33.4 Å². The van der Waals surface area contributed by atoms with Crippen LogP contribution in [0, 0.1) is 0 Å². The number of carbonyl (C=O) groups is 2. The molecular formula is C26H24F6N4O5. The second-order valence-corrected chi connectivity index (χ2v) is 7.68. The maximum Gasteiger partial charge on any atom is 0.490 e. The molecule has 0 amide bonds. The van der Waals surface area contributed by atoms with E-state index >= 15 is 0 Å². The second kappa shape index (κ2) is 16.2. The van der Waals surface area contributed by atoms with E-state index < -0.39 is 24.3 Å². The van der Waals surface area contributed by atoms with E-state index in [1.807, 2.05) is 48.5 Å². The Morgan fingerprint density at radius 1 is 0.732 bits per heavy atom. The van der Waals surface area contributed by atoms with Gasteiger partial charge in [-0.25, -0.2) is 9.59 Å². The van der Waals surface area contributed by atoms with Crippen molar-refractivity contribution < 1.29 is 50.9 Å². The Morgan fingerprint density at radius 3 is 1.76 bits per heavy atom. The number of rotatable bonds is 7. The standard InChI is InChI=1S/C22H22N4O.2C2HF3O2/c23-25-13-17-8-10-18(11-9-17)15-27-16-21-5-1-2-7-22(21)20-6-3-4-19(12-20)14-26-24;2*3-2(4,5)1(6)7/h1-14H,15-16,23-24H2;2*(H,6,7). The predicted molar refractivity (Wildman–Crippen MR) is 138 cm³/mol. The van der Waals surface area contributed by atoms with Gasteiger partial charge in [0.2, 0.25) is 0 Å². The van der Waals surface area contributed by atoms with Crippen LogP contribution in [0.3, 0.4) is 0 Å². The second-order valence-electron chi connectivity index (χ2n) is 7.68. The van der Waals surface area contributed by atoms with Crippen molar-refractivity contribution in [1.29, 1.82) is 0 Å². The third kappa shape index (κ3) is 13.1. The zero-order valence-corrected chi connectivity index (χ0v) is 20.9. The zero-order chi connectivity index (χ0) is 31.1. The first kappa shape index (κ1) is 34.1. The third-order valence-electron chi connectivity index (χ3n) is 4.65. The van der Waals surface area contributed by atoms with E-state index in [9.17, 15) is 26.3 Å². The molecule has 220 valence electrons. The van der Waals surface area contributed by atoms with Crippen LogP contribution in [0.25, 0.3) is 11.1 Å². The van der Waals surface area contributed by atoms with Gasteiger partial charge in [0.15, 0.2) is 0 Å². The van der Waals surface area contributed by atoms with Crippen LogP contribution in [0.15, 0.2) is 83.0 Å². The fraction of sp³-hybridized carbons (Fsp3) is 0.154. The lowest BCUT2D eigenvalue weighted by atomic mass is 9.98. The van der Waals surface area contributed by atoms with Gasteiger partial charge < -0.3 is 26.6 Å². The molecule has 3 aromatic rings. The van der Waals surface area contributed by atoms with Gasteiger partial charge in [-0.15, -0.1) is 0 Å². The van der Waals surface area contributed by atoms with Crippen LogP contribution >= 0.6 is 0 Å². The number of hydrazone groups is 2. The number of aliphatic carboxylic acids is 2. The first-order valence-electron chi connectivity index (χ1n) is 11.1. The molecule has 9 nitrogen and oxygen atoms in total. The van der Waals surface area contributed by atoms with Crippen LogP contribution in [0.1, 0.15) is 22.3 Å². The highest BCUT2D eigenvalue weighted by Gasteiger charge is 2.38. The molecule has 0 aliphatic carbocycles. The molecule has 0 unspecified atom stereocenters. The number of benzene rings is 3. The summed E-state index contributed by atoms with van der Waals surface area (Å²) in [6.07, 6.45) is -6.91. The summed E-state index contributed by atoms with van der Waals surface area (Å²) in [5.41, 5.74) is 6.41. The summed E-state index contributed by atoms with van der Waals surface area (Å²) in [6.45, 7) is 1.06. The average molecular weight is 586 g/mol. The molecule has 41 heavy (non-hydrogen) atoms. The summed E-state index contributed by atoms with van der Waals surface area (Å²) in [5, 5.41) is 21.4. The highest BCUT2D eigenvalue weighted by Crippen LogP contribution is 2.25. The van der Waals surface area contributed by atoms with Crippen LogP contribution in [0.2, 0.25) is 0 Å². The zero-order valence-electron chi connectivity index (χ0n) is 20.9. The minimum absolute atomic E-state index is 0.525. The van der Waals surface area contributed by atoms with Gasteiger partial charge in [0.25, 0.3) is 0 Å². The molecule has 0 fully saturated rings. The van der Waals surface area contributed by atoms with Crippen LogP contribution in [0.4, 0.5) is 26.3 Å². The van der Waals surface area contributed by atoms with Gasteiger partial charge in [-0.05, 0) is 39.4 Å². The van der Waals surface area contributed by atoms with Gasteiger partial charge in [0.1, 0.15) is 0 Å². The van der Waals surface area contributed by atoms with E-state index in [1.165, 1.54) is 0 Å². The normalized spacial score (nSPS) is 11.4. The number of carboxylic acid groups (broad SMARTS) is 2. The molecule has 0 saturated heterocycles. The van der Waals surface area contributed by atoms with Crippen molar-refractivity contribution in [3.63, 3.8) is 0 Å². The lowest BCUT2D eigenvalue weighted by Crippen LogP contribution is -2.21. The van der Waals surface area contributed by atoms with Crippen LogP contribution < -0.4 is 11.7 Å². The molecule has 6 N–H and O–H groups in total. The fourth-order valence-corrected chi connectivity index (χ4v) is 2.87. The first-order valence-corrected chi connectivity index (χ1v) is 11.1. The molecule has 0 radical (unpaired) electrons. The molecule has 15 heteroatoms. The fourth-order valence-electron chi connectivity index (χ4n) is 2.87. The molecule has 0 atom stereocenters. The topological polar surface area (TPSA) is 161 Å². The van der Waals surface area contributed by atoms with Crippen molar-refractivity contribution in [1.82, 2.24) is 0 Å². The van der Waals surface area contributed by atoms with Crippen molar-refractivity contribution in [2.75, 3.05) is 0 Å². The van der Waals surface area contributed by atoms with Crippen molar-refractivity contribution in [3.05, 3.63) is 95.1 Å². The molecule has 0 aromatic heterocycles. The van der Waals surface area contributed by atoms with E-state index in [-0.39, 0.29) is 0 Å². The van der Waals surface area contributed by atoms with Crippen molar-refractivity contribution in [2.24, 2.45) is 21.9 Å². The van der Waals surface area contributed by atoms with Gasteiger partial charge in [0.05, 0.1) is 25.6 Å². The summed E-state index contributed by atoms with van der Waals surface area (Å²) in [7, 11) is 0. The maximum atomic E-state index is 10.6. The largest absolute Gasteiger partial charge is 0.490 e. The van der Waals surface area contributed by atoms with E-state index in [4.69, 9.17) is 36.2 Å². The Bertz CT molecular complexity index is 1300. The number of alkyl halides is 6. The first-order chi connectivity index (χ1) is 19.2. The SMILES string of the molecule is NN=Cc1ccc(COCc2ccccc2-c2cccc(C=NN)c2)cc1.O=C(O)C(F)(F)F.O=C(O)C(F)(F)F. The minimum atomic E-state index is -5.08. The highest BCUT2D eigenvalue weighted by atomic mass is 19.4. The van der Waals surface area contributed by atoms with Gasteiger partial charge in [-0.1, -0.05) is 66.7 Å². The quantitative estimate of drug-likeness (QED) is 0.132. The highest BCUT2D eigenvalue weighted by molar-refractivity contribution is 5.83. The minimum Gasteiger partial charge on any atom is -0.475 e. The molecule has 0 aliphatic rings. The van der Waals surface area contributed by atoms with Crippen molar-refractivity contribution >= 4 is 24.4 Å². The van der Waals surface area contributed by atoms with E-state index in [1.54, 1.807) is 12.4 Å².